The topological polar surface area (TPSA) is 98.3 Å². The minimum atomic E-state index is -3.73. The minimum absolute atomic E-state index is 0.000991. The van der Waals surface area contributed by atoms with Gasteiger partial charge in [0.05, 0.1) is 17.7 Å². The first-order valence-corrected chi connectivity index (χ1v) is 9.50. The quantitative estimate of drug-likeness (QED) is 0.430. The smallest absolute Gasteiger partial charge is 0.395 e. The number of alkyl halides is 2. The number of rotatable bonds is 5. The highest BCUT2D eigenvalue weighted by Crippen LogP contribution is 2.42. The summed E-state index contributed by atoms with van der Waals surface area (Å²) in [6.45, 7) is 0.199. The van der Waals surface area contributed by atoms with E-state index in [1.165, 1.54) is 29.8 Å². The van der Waals surface area contributed by atoms with Crippen molar-refractivity contribution in [1.82, 2.24) is 15.0 Å². The number of ether oxygens (including phenoxy) is 2. The predicted octanol–water partition coefficient (Wildman–Crippen LogP) is 4.43. The van der Waals surface area contributed by atoms with Crippen LogP contribution < -0.4 is 20.1 Å². The van der Waals surface area contributed by atoms with Crippen LogP contribution in [0.2, 0.25) is 10.4 Å². The number of hydrogen-bond donors (Lipinski definition) is 2. The summed E-state index contributed by atoms with van der Waals surface area (Å²) in [4.78, 5) is 24.7. The van der Waals surface area contributed by atoms with Crippen LogP contribution in [-0.4, -0.2) is 27.2 Å². The van der Waals surface area contributed by atoms with Gasteiger partial charge in [-0.05, 0) is 29.8 Å². The highest BCUT2D eigenvalue weighted by molar-refractivity contribution is 7.12. The average Bonchev–Trinajstić information content (AvgIpc) is 3.21. The van der Waals surface area contributed by atoms with E-state index < -0.39 is 12.2 Å². The van der Waals surface area contributed by atoms with Crippen LogP contribution in [0.15, 0.2) is 29.8 Å². The number of aromatic nitrogens is 3. The van der Waals surface area contributed by atoms with E-state index in [2.05, 4.69) is 35.1 Å². The average molecular weight is 460 g/mol. The zero-order valence-electron chi connectivity index (χ0n) is 14.1. The molecule has 1 aromatic carbocycles. The molecule has 0 atom stereocenters. The van der Waals surface area contributed by atoms with Crippen molar-refractivity contribution in [1.29, 1.82) is 0 Å². The van der Waals surface area contributed by atoms with Crippen LogP contribution in [-0.2, 0) is 6.54 Å². The molecule has 3 heterocycles. The van der Waals surface area contributed by atoms with Crippen molar-refractivity contribution in [2.45, 2.75) is 12.8 Å². The summed E-state index contributed by atoms with van der Waals surface area (Å²) in [5.74, 6) is -0.465. The normalized spacial score (nSPS) is 13.9. The molecule has 0 aliphatic carbocycles. The second-order valence-corrected chi connectivity index (χ2v) is 7.20. The summed E-state index contributed by atoms with van der Waals surface area (Å²) < 4.78 is 34.9. The van der Waals surface area contributed by atoms with Crippen LogP contribution in [0.1, 0.15) is 15.4 Å². The van der Waals surface area contributed by atoms with Crippen molar-refractivity contribution in [2.75, 3.05) is 10.6 Å². The van der Waals surface area contributed by atoms with Crippen molar-refractivity contribution in [3.05, 3.63) is 50.8 Å². The van der Waals surface area contributed by atoms with E-state index in [9.17, 15) is 13.6 Å². The Morgan fingerprint density at radius 3 is 2.76 bits per heavy atom. The van der Waals surface area contributed by atoms with E-state index in [0.29, 0.717) is 11.5 Å². The molecule has 2 aromatic heterocycles. The molecule has 0 spiro atoms. The maximum absolute atomic E-state index is 13.1. The lowest BCUT2D eigenvalue weighted by atomic mass is 10.2. The molecule has 8 nitrogen and oxygen atoms in total. The molecule has 1 amide bonds. The van der Waals surface area contributed by atoms with Crippen molar-refractivity contribution < 1.29 is 23.0 Å². The van der Waals surface area contributed by atoms with Gasteiger partial charge in [0.2, 0.25) is 5.28 Å². The first kappa shape index (κ1) is 19.6. The van der Waals surface area contributed by atoms with Gasteiger partial charge in [-0.15, -0.1) is 20.1 Å². The van der Waals surface area contributed by atoms with Gasteiger partial charge < -0.3 is 20.1 Å². The molecule has 2 N–H and O–H groups in total. The van der Waals surface area contributed by atoms with Gasteiger partial charge in [0.1, 0.15) is 15.8 Å². The fraction of sp³-hybridized carbons (Fsp3) is 0.125. The van der Waals surface area contributed by atoms with E-state index in [0.717, 1.165) is 11.3 Å². The van der Waals surface area contributed by atoms with Gasteiger partial charge in [-0.25, -0.2) is 15.0 Å². The number of carbonyl (C=O) groups is 1. The van der Waals surface area contributed by atoms with E-state index in [4.69, 9.17) is 23.2 Å². The van der Waals surface area contributed by atoms with E-state index in [1.54, 1.807) is 0 Å². The molecule has 13 heteroatoms. The third-order valence-electron chi connectivity index (χ3n) is 3.59. The fourth-order valence-corrected chi connectivity index (χ4v) is 3.55. The molecule has 29 heavy (non-hydrogen) atoms. The van der Waals surface area contributed by atoms with E-state index >= 15 is 0 Å². The summed E-state index contributed by atoms with van der Waals surface area (Å²) in [6, 6.07) is 5.46. The summed E-state index contributed by atoms with van der Waals surface area (Å²) in [6.07, 6.45) is -3.73. The molecule has 0 saturated heterocycles. The number of benzene rings is 1. The number of amides is 1. The lowest BCUT2D eigenvalue weighted by molar-refractivity contribution is -0.286. The number of fused-ring (bicyclic) bond motifs is 1. The molecule has 150 valence electrons. The van der Waals surface area contributed by atoms with Gasteiger partial charge in [0.15, 0.2) is 11.5 Å². The Morgan fingerprint density at radius 2 is 1.97 bits per heavy atom. The Labute approximate surface area is 175 Å². The van der Waals surface area contributed by atoms with Gasteiger partial charge in [0.25, 0.3) is 5.91 Å². The number of halogens is 4. The second kappa shape index (κ2) is 7.58. The molecular weight excluding hydrogens is 451 g/mol. The molecular formula is C16H9Cl2F2N5O3S. The number of nitrogens with one attached hydrogen (secondary N) is 2. The van der Waals surface area contributed by atoms with E-state index in [1.807, 2.05) is 0 Å². The van der Waals surface area contributed by atoms with Crippen LogP contribution in [0.4, 0.5) is 20.3 Å². The third kappa shape index (κ3) is 4.47. The number of anilines is 2. The van der Waals surface area contributed by atoms with Crippen molar-refractivity contribution in [2.24, 2.45) is 0 Å². The standard InChI is InChI=1S/C16H9Cl2F2N5O3S/c17-11-4-8(24-15(18)25-11)5-21-13-12(29-6-22-13)14(26)23-7-1-2-9-10(3-7)28-16(19,20)27-9/h1-4,6,21H,5H2,(H,23,26). The number of thiazole rings is 1. The lowest BCUT2D eigenvalue weighted by Gasteiger charge is -2.08. The Morgan fingerprint density at radius 1 is 1.17 bits per heavy atom. The summed E-state index contributed by atoms with van der Waals surface area (Å²) in [7, 11) is 0. The maximum atomic E-state index is 13.1. The first-order valence-electron chi connectivity index (χ1n) is 7.87. The molecule has 1 aliphatic heterocycles. The molecule has 3 aromatic rings. The second-order valence-electron chi connectivity index (χ2n) is 5.62. The number of carbonyl (C=O) groups excluding carboxylic acids is 1. The molecule has 0 fully saturated rings. The largest absolute Gasteiger partial charge is 0.586 e. The Balaban J connectivity index is 1.45. The maximum Gasteiger partial charge on any atom is 0.586 e. The molecule has 0 bridgehead atoms. The van der Waals surface area contributed by atoms with E-state index in [-0.39, 0.29) is 39.0 Å². The highest BCUT2D eigenvalue weighted by atomic mass is 35.5. The summed E-state index contributed by atoms with van der Waals surface area (Å²) in [5, 5.41) is 5.76. The molecule has 0 saturated carbocycles. The van der Waals surface area contributed by atoms with Gasteiger partial charge in [-0.1, -0.05) is 11.6 Å². The lowest BCUT2D eigenvalue weighted by Crippen LogP contribution is -2.25. The number of nitrogens with zero attached hydrogens (tertiary/aromatic N) is 3. The molecule has 4 rings (SSSR count). The fourth-order valence-electron chi connectivity index (χ4n) is 2.45. The molecule has 0 radical (unpaired) electrons. The monoisotopic (exact) mass is 459 g/mol. The Bertz CT molecular complexity index is 1080. The van der Waals surface area contributed by atoms with Gasteiger partial charge in [-0.3, -0.25) is 4.79 Å². The first-order chi connectivity index (χ1) is 13.8. The summed E-state index contributed by atoms with van der Waals surface area (Å²) >= 11 is 12.7. The zero-order chi connectivity index (χ0) is 20.6. The van der Waals surface area contributed by atoms with Crippen LogP contribution >= 0.6 is 34.5 Å². The van der Waals surface area contributed by atoms with Gasteiger partial charge in [0, 0.05) is 11.8 Å². The Kier molecular flexibility index (Phi) is 5.11. The van der Waals surface area contributed by atoms with Crippen LogP contribution in [0, 0.1) is 0 Å². The predicted molar refractivity (Wildman–Crippen MR) is 102 cm³/mol. The summed E-state index contributed by atoms with van der Waals surface area (Å²) in [5.41, 5.74) is 2.24. The number of hydrogen-bond acceptors (Lipinski definition) is 8. The minimum Gasteiger partial charge on any atom is -0.395 e. The van der Waals surface area contributed by atoms with Crippen molar-refractivity contribution >= 4 is 52.0 Å². The molecule has 0 unspecified atom stereocenters. The Hall–Kier alpha value is -2.76. The van der Waals surface area contributed by atoms with Gasteiger partial charge in [-0.2, -0.15) is 0 Å². The van der Waals surface area contributed by atoms with Crippen molar-refractivity contribution in [3.8, 4) is 11.5 Å². The van der Waals surface area contributed by atoms with Crippen LogP contribution in [0.5, 0.6) is 11.5 Å². The highest BCUT2D eigenvalue weighted by Gasteiger charge is 2.43. The van der Waals surface area contributed by atoms with Gasteiger partial charge >= 0.3 is 6.29 Å². The SMILES string of the molecule is O=C(Nc1ccc2c(c1)OC(F)(F)O2)c1scnc1NCc1cc(Cl)nc(Cl)n1. The zero-order valence-corrected chi connectivity index (χ0v) is 16.4. The van der Waals surface area contributed by atoms with Crippen LogP contribution in [0.25, 0.3) is 0 Å². The molecule has 1 aliphatic rings. The van der Waals surface area contributed by atoms with Crippen molar-refractivity contribution in [3.63, 3.8) is 0 Å². The third-order valence-corrected chi connectivity index (χ3v) is 4.78. The van der Waals surface area contributed by atoms with Crippen LogP contribution in [0.3, 0.4) is 0 Å².